The maximum Gasteiger partial charge on any atom is 0.287 e. The van der Waals surface area contributed by atoms with Crippen molar-refractivity contribution in [3.8, 4) is 5.75 Å². The number of aromatic nitrogens is 2. The molecular formula is C23H21N3O4. The molecule has 7 heteroatoms. The van der Waals surface area contributed by atoms with Gasteiger partial charge in [0.2, 0.25) is 5.91 Å². The fourth-order valence-corrected chi connectivity index (χ4v) is 3.09. The molecule has 30 heavy (non-hydrogen) atoms. The number of rotatable bonds is 7. The van der Waals surface area contributed by atoms with Crippen LogP contribution in [0.4, 0.5) is 5.69 Å². The standard InChI is InChI=1S/C23H21N3O4/c1-16-12-21-24-19(14-23(28)26(21)30-16)15-29-20-9-5-8-18(13-20)25-22(27)11-10-17-6-3-2-4-7-17/h2-9,12-14H,10-11,15H2,1H3,(H,25,27). The van der Waals surface area contributed by atoms with Gasteiger partial charge in [-0.15, -0.1) is 4.57 Å². The monoisotopic (exact) mass is 403 g/mol. The van der Waals surface area contributed by atoms with Crippen molar-refractivity contribution in [2.24, 2.45) is 0 Å². The average molecular weight is 403 g/mol. The highest BCUT2D eigenvalue weighted by Gasteiger charge is 2.08. The van der Waals surface area contributed by atoms with Gasteiger partial charge in [-0.2, -0.15) is 0 Å². The molecule has 2 aromatic carbocycles. The van der Waals surface area contributed by atoms with E-state index in [1.54, 1.807) is 37.3 Å². The Bertz CT molecular complexity index is 1230. The first-order chi connectivity index (χ1) is 14.6. The van der Waals surface area contributed by atoms with Gasteiger partial charge in [-0.05, 0) is 31.0 Å². The maximum atomic E-state index is 12.2. The quantitative estimate of drug-likeness (QED) is 0.508. The van der Waals surface area contributed by atoms with Crippen LogP contribution in [0.15, 0.2) is 76.0 Å². The molecule has 0 atom stereocenters. The van der Waals surface area contributed by atoms with E-state index in [4.69, 9.17) is 9.26 Å². The predicted molar refractivity (Wildman–Crippen MR) is 113 cm³/mol. The summed E-state index contributed by atoms with van der Waals surface area (Å²) in [4.78, 5) is 28.7. The molecule has 0 radical (unpaired) electrons. The van der Waals surface area contributed by atoms with E-state index < -0.39 is 0 Å². The molecule has 4 aromatic rings. The Hall–Kier alpha value is -3.87. The fourth-order valence-electron chi connectivity index (χ4n) is 3.09. The zero-order chi connectivity index (χ0) is 20.9. The number of nitrogens with zero attached hydrogens (tertiary/aromatic N) is 2. The lowest BCUT2D eigenvalue weighted by Crippen LogP contribution is -2.14. The third-order valence-corrected chi connectivity index (χ3v) is 4.51. The number of aryl methyl sites for hydroxylation is 2. The first-order valence-electron chi connectivity index (χ1n) is 9.63. The van der Waals surface area contributed by atoms with Gasteiger partial charge in [0.25, 0.3) is 5.56 Å². The summed E-state index contributed by atoms with van der Waals surface area (Å²) in [7, 11) is 0. The van der Waals surface area contributed by atoms with Gasteiger partial charge in [-0.3, -0.25) is 9.59 Å². The molecule has 0 aliphatic heterocycles. The van der Waals surface area contributed by atoms with E-state index in [-0.39, 0.29) is 18.1 Å². The number of fused-ring (bicyclic) bond motifs is 1. The number of amides is 1. The Morgan fingerprint density at radius 3 is 2.77 bits per heavy atom. The number of nitrogens with one attached hydrogen (secondary N) is 1. The third kappa shape index (κ3) is 4.75. The van der Waals surface area contributed by atoms with E-state index in [0.717, 1.165) is 10.1 Å². The summed E-state index contributed by atoms with van der Waals surface area (Å²) >= 11 is 0. The minimum absolute atomic E-state index is 0.0635. The van der Waals surface area contributed by atoms with E-state index >= 15 is 0 Å². The van der Waals surface area contributed by atoms with Crippen molar-refractivity contribution in [2.75, 3.05) is 5.32 Å². The zero-order valence-corrected chi connectivity index (χ0v) is 16.5. The van der Waals surface area contributed by atoms with Crippen molar-refractivity contribution in [2.45, 2.75) is 26.4 Å². The molecule has 0 aliphatic rings. The van der Waals surface area contributed by atoms with Crippen LogP contribution in [0.3, 0.4) is 0 Å². The summed E-state index contributed by atoms with van der Waals surface area (Å²) in [6, 6.07) is 20.1. The van der Waals surface area contributed by atoms with E-state index in [0.29, 0.717) is 41.4 Å². The van der Waals surface area contributed by atoms with Crippen molar-refractivity contribution in [3.05, 3.63) is 94.1 Å². The smallest absolute Gasteiger partial charge is 0.287 e. The number of hydrogen-bond acceptors (Lipinski definition) is 5. The van der Waals surface area contributed by atoms with Gasteiger partial charge in [0, 0.05) is 30.3 Å². The lowest BCUT2D eigenvalue weighted by Gasteiger charge is -2.09. The maximum absolute atomic E-state index is 12.2. The summed E-state index contributed by atoms with van der Waals surface area (Å²) in [6.45, 7) is 1.88. The second-order valence-electron chi connectivity index (χ2n) is 6.93. The molecular weight excluding hydrogens is 382 g/mol. The molecule has 2 aromatic heterocycles. The normalized spacial score (nSPS) is 10.8. The first-order valence-corrected chi connectivity index (χ1v) is 9.63. The number of benzene rings is 2. The van der Waals surface area contributed by atoms with E-state index in [1.807, 2.05) is 30.3 Å². The third-order valence-electron chi connectivity index (χ3n) is 4.51. The molecule has 0 aliphatic carbocycles. The van der Waals surface area contributed by atoms with Crippen LogP contribution in [-0.2, 0) is 17.8 Å². The van der Waals surface area contributed by atoms with Crippen LogP contribution in [0.2, 0.25) is 0 Å². The second-order valence-corrected chi connectivity index (χ2v) is 6.93. The van der Waals surface area contributed by atoms with Gasteiger partial charge >= 0.3 is 0 Å². The van der Waals surface area contributed by atoms with Gasteiger partial charge < -0.3 is 14.6 Å². The molecule has 1 N–H and O–H groups in total. The van der Waals surface area contributed by atoms with Crippen molar-refractivity contribution < 1.29 is 14.1 Å². The molecule has 1 amide bonds. The highest BCUT2D eigenvalue weighted by atomic mass is 16.5. The number of carbonyl (C=O) groups is 1. The highest BCUT2D eigenvalue weighted by Crippen LogP contribution is 2.19. The van der Waals surface area contributed by atoms with Crippen molar-refractivity contribution >= 4 is 17.2 Å². The lowest BCUT2D eigenvalue weighted by molar-refractivity contribution is -0.116. The lowest BCUT2D eigenvalue weighted by atomic mass is 10.1. The van der Waals surface area contributed by atoms with Crippen LogP contribution in [0.25, 0.3) is 5.65 Å². The minimum atomic E-state index is -0.300. The number of carbonyl (C=O) groups excluding carboxylic acids is 1. The van der Waals surface area contributed by atoms with Crippen LogP contribution in [0.1, 0.15) is 23.4 Å². The van der Waals surface area contributed by atoms with Crippen LogP contribution in [-0.4, -0.2) is 15.5 Å². The van der Waals surface area contributed by atoms with E-state index in [9.17, 15) is 9.59 Å². The molecule has 2 heterocycles. The molecule has 0 unspecified atom stereocenters. The van der Waals surface area contributed by atoms with Crippen LogP contribution in [0, 0.1) is 6.92 Å². The van der Waals surface area contributed by atoms with E-state index in [2.05, 4.69) is 10.3 Å². The summed E-state index contributed by atoms with van der Waals surface area (Å²) in [5, 5.41) is 2.89. The number of anilines is 1. The van der Waals surface area contributed by atoms with Crippen molar-refractivity contribution in [1.29, 1.82) is 0 Å². The Morgan fingerprint density at radius 2 is 1.93 bits per heavy atom. The summed E-state index contributed by atoms with van der Waals surface area (Å²) in [5.41, 5.74) is 2.42. The summed E-state index contributed by atoms with van der Waals surface area (Å²) in [6.07, 6.45) is 1.08. The SMILES string of the molecule is Cc1cc2nc(COc3cccc(NC(=O)CCc4ccccc4)c3)cc(=O)n2o1. The molecule has 152 valence electrons. The van der Waals surface area contributed by atoms with Gasteiger partial charge in [-0.25, -0.2) is 4.98 Å². The number of ether oxygens (including phenoxy) is 1. The van der Waals surface area contributed by atoms with Gasteiger partial charge in [0.1, 0.15) is 18.1 Å². The molecule has 4 rings (SSSR count). The van der Waals surface area contributed by atoms with Gasteiger partial charge in [0.15, 0.2) is 5.65 Å². The fraction of sp³-hybridized carbons (Fsp3) is 0.174. The highest BCUT2D eigenvalue weighted by molar-refractivity contribution is 5.91. The zero-order valence-electron chi connectivity index (χ0n) is 16.5. The van der Waals surface area contributed by atoms with Crippen LogP contribution >= 0.6 is 0 Å². The molecule has 0 saturated carbocycles. The molecule has 0 spiro atoms. The Labute approximate surface area is 172 Å². The largest absolute Gasteiger partial charge is 0.487 e. The summed E-state index contributed by atoms with van der Waals surface area (Å²) < 4.78 is 12.2. The molecule has 7 nitrogen and oxygen atoms in total. The predicted octanol–water partition coefficient (Wildman–Crippen LogP) is 3.75. The topological polar surface area (TPSA) is 85.8 Å². The second kappa shape index (κ2) is 8.65. The van der Waals surface area contributed by atoms with E-state index in [1.165, 1.54) is 6.07 Å². The summed E-state index contributed by atoms with van der Waals surface area (Å²) in [5.74, 6) is 1.11. The van der Waals surface area contributed by atoms with Crippen molar-refractivity contribution in [1.82, 2.24) is 9.56 Å². The number of hydrogen-bond donors (Lipinski definition) is 1. The average Bonchev–Trinajstić information content (AvgIpc) is 3.13. The Balaban J connectivity index is 1.36. The van der Waals surface area contributed by atoms with Gasteiger partial charge in [-0.1, -0.05) is 36.4 Å². The molecule has 0 fully saturated rings. The van der Waals surface area contributed by atoms with Crippen LogP contribution < -0.4 is 15.6 Å². The van der Waals surface area contributed by atoms with Crippen LogP contribution in [0.5, 0.6) is 5.75 Å². The Kier molecular flexibility index (Phi) is 5.61. The van der Waals surface area contributed by atoms with Gasteiger partial charge in [0.05, 0.1) is 5.69 Å². The molecule has 0 bridgehead atoms. The molecule has 0 saturated heterocycles. The first kappa shape index (κ1) is 19.4. The Morgan fingerprint density at radius 1 is 1.10 bits per heavy atom. The van der Waals surface area contributed by atoms with Crippen molar-refractivity contribution in [3.63, 3.8) is 0 Å². The minimum Gasteiger partial charge on any atom is -0.487 e.